The van der Waals surface area contributed by atoms with Crippen LogP contribution in [-0.2, 0) is 13.6 Å². The summed E-state index contributed by atoms with van der Waals surface area (Å²) in [4.78, 5) is 10.1. The first-order valence-corrected chi connectivity index (χ1v) is 3.81. The van der Waals surface area contributed by atoms with E-state index in [1.165, 1.54) is 0 Å². The number of alkyl halides is 3. The molecule has 0 aliphatic rings. The molecule has 68 valence electrons. The Labute approximate surface area is 78.8 Å². The molecular weight excluding hydrogens is 195 g/mol. The van der Waals surface area contributed by atoms with E-state index in [0.717, 1.165) is 0 Å². The first-order valence-electron chi connectivity index (χ1n) is 2.35. The van der Waals surface area contributed by atoms with Gasteiger partial charge in [0.2, 0.25) is 0 Å². The summed E-state index contributed by atoms with van der Waals surface area (Å²) in [6.45, 7) is -1.86. The van der Waals surface area contributed by atoms with Gasteiger partial charge in [0, 0.05) is 7.11 Å². The summed E-state index contributed by atoms with van der Waals surface area (Å²) in [5.74, 6) is 0. The number of hydrogen-bond donors (Lipinski definition) is 0. The molecule has 1 atom stereocenters. The van der Waals surface area contributed by atoms with Crippen molar-refractivity contribution in [3.05, 3.63) is 0 Å². The topological polar surface area (TPSA) is 58.6 Å². The van der Waals surface area contributed by atoms with Gasteiger partial charge in [-0.05, 0) is 0 Å². The van der Waals surface area contributed by atoms with E-state index in [9.17, 15) is 22.6 Å². The first kappa shape index (κ1) is 15.0. The largest absolute Gasteiger partial charge is 1.00 e. The molecule has 0 aromatic rings. The van der Waals surface area contributed by atoms with Crippen molar-refractivity contribution in [2.45, 2.75) is 6.18 Å². The molecule has 0 heterocycles. The fourth-order valence-electron chi connectivity index (χ4n) is 0.205. The fraction of sp³-hybridized carbons (Fsp3) is 1.00. The quantitative estimate of drug-likeness (QED) is 0.379. The molecule has 0 aliphatic carbocycles. The number of phosphoric ester groups is 1. The van der Waals surface area contributed by atoms with Crippen LogP contribution in [0.5, 0.6) is 0 Å². The van der Waals surface area contributed by atoms with Gasteiger partial charge in [-0.3, -0.25) is 4.57 Å². The maximum atomic E-state index is 11.3. The summed E-state index contributed by atoms with van der Waals surface area (Å²) in [7, 11) is -4.03. The molecule has 0 rings (SSSR count). The Morgan fingerprint density at radius 1 is 1.50 bits per heavy atom. The Morgan fingerprint density at radius 3 is 2.17 bits per heavy atom. The molecule has 0 radical (unpaired) electrons. The minimum absolute atomic E-state index is 0. The summed E-state index contributed by atoms with van der Waals surface area (Å²) in [5.41, 5.74) is 0. The van der Waals surface area contributed by atoms with Crippen molar-refractivity contribution in [1.29, 1.82) is 0 Å². The van der Waals surface area contributed by atoms with Gasteiger partial charge in [-0.2, -0.15) is 13.2 Å². The van der Waals surface area contributed by atoms with E-state index in [-0.39, 0.29) is 18.9 Å². The minimum atomic E-state index is -4.74. The normalized spacial score (nSPS) is 16.4. The van der Waals surface area contributed by atoms with Crippen molar-refractivity contribution in [2.75, 3.05) is 13.7 Å². The second-order valence-electron chi connectivity index (χ2n) is 1.52. The number of halogens is 3. The Balaban J connectivity index is 0. The Bertz CT molecular complexity index is 171. The Morgan fingerprint density at radius 2 is 1.92 bits per heavy atom. The molecule has 1 unspecified atom stereocenters. The molecule has 12 heavy (non-hydrogen) atoms. The summed E-state index contributed by atoms with van der Waals surface area (Å²) < 4.78 is 51.0. The van der Waals surface area contributed by atoms with Crippen LogP contribution < -0.4 is 23.8 Å². The molecule has 9 heteroatoms. The van der Waals surface area contributed by atoms with Crippen molar-refractivity contribution in [3.63, 3.8) is 0 Å². The van der Waals surface area contributed by atoms with E-state index >= 15 is 0 Å². The van der Waals surface area contributed by atoms with E-state index < -0.39 is 20.6 Å². The molecule has 0 aliphatic heterocycles. The molecule has 4 nitrogen and oxygen atoms in total. The fourth-order valence-corrected chi connectivity index (χ4v) is 0.615. The van der Waals surface area contributed by atoms with Gasteiger partial charge in [-0.15, -0.1) is 0 Å². The third-order valence-electron chi connectivity index (χ3n) is 0.610. The van der Waals surface area contributed by atoms with Gasteiger partial charge in [0.05, 0.1) is 0 Å². The Kier molecular flexibility index (Phi) is 6.59. The average molecular weight is 200 g/mol. The van der Waals surface area contributed by atoms with Gasteiger partial charge < -0.3 is 13.9 Å². The van der Waals surface area contributed by atoms with Crippen molar-refractivity contribution in [3.8, 4) is 0 Å². The van der Waals surface area contributed by atoms with Crippen LogP contribution in [0.15, 0.2) is 0 Å². The zero-order valence-electron chi connectivity index (χ0n) is 6.42. The van der Waals surface area contributed by atoms with E-state index in [4.69, 9.17) is 0 Å². The van der Waals surface area contributed by atoms with Gasteiger partial charge in [0.25, 0.3) is 7.82 Å². The molecule has 0 spiro atoms. The van der Waals surface area contributed by atoms with Crippen LogP contribution in [0.1, 0.15) is 0 Å². The monoisotopic (exact) mass is 200 g/mol. The second kappa shape index (κ2) is 5.28. The SMILES string of the molecule is COP(=O)([O-])OCC(F)(F)F.[Li+]. The Hall–Kier alpha value is 0.497. The van der Waals surface area contributed by atoms with Crippen LogP contribution in [0.2, 0.25) is 0 Å². The van der Waals surface area contributed by atoms with Gasteiger partial charge >= 0.3 is 25.0 Å². The summed E-state index contributed by atoms with van der Waals surface area (Å²) in [6, 6.07) is 0. The average Bonchev–Trinajstić information content (AvgIpc) is 1.83. The third kappa shape index (κ3) is 8.59. The molecule has 0 saturated carbocycles. The van der Waals surface area contributed by atoms with Gasteiger partial charge in [-0.25, -0.2) is 0 Å². The molecule has 0 aromatic heterocycles. The predicted molar refractivity (Wildman–Crippen MR) is 26.6 cm³/mol. The van der Waals surface area contributed by atoms with Gasteiger partial charge in [0.15, 0.2) is 6.61 Å². The van der Waals surface area contributed by atoms with Crippen LogP contribution in [0.4, 0.5) is 13.2 Å². The third-order valence-corrected chi connectivity index (χ3v) is 1.50. The molecule has 0 amide bonds. The predicted octanol–water partition coefficient (Wildman–Crippen LogP) is -2.32. The van der Waals surface area contributed by atoms with Crippen molar-refractivity contribution >= 4 is 7.82 Å². The van der Waals surface area contributed by atoms with E-state index in [1.54, 1.807) is 0 Å². The van der Waals surface area contributed by atoms with Crippen LogP contribution >= 0.6 is 7.82 Å². The zero-order valence-corrected chi connectivity index (χ0v) is 7.32. The molecule has 0 aromatic carbocycles. The maximum absolute atomic E-state index is 11.3. The number of rotatable bonds is 3. The number of phosphoric acid groups is 1. The van der Waals surface area contributed by atoms with Crippen LogP contribution in [-0.4, -0.2) is 19.9 Å². The zero-order chi connectivity index (χ0) is 9.12. The smallest absolute Gasteiger partial charge is 0.756 e. The van der Waals surface area contributed by atoms with Gasteiger partial charge in [0.1, 0.15) is 0 Å². The van der Waals surface area contributed by atoms with Crippen LogP contribution in [0.25, 0.3) is 0 Å². The molecule has 0 bridgehead atoms. The maximum Gasteiger partial charge on any atom is 1.00 e. The van der Waals surface area contributed by atoms with Crippen molar-refractivity contribution < 1.29 is 50.5 Å². The van der Waals surface area contributed by atoms with Crippen molar-refractivity contribution in [2.24, 2.45) is 0 Å². The molecule has 0 N–H and O–H groups in total. The molecule has 0 saturated heterocycles. The standard InChI is InChI=1S/C3H6F3O4P.Li/c1-9-11(7,8)10-2-3(4,5)6;/h2H2,1H3,(H,7,8);/q;+1/p-1. The van der Waals surface area contributed by atoms with E-state index in [0.29, 0.717) is 7.11 Å². The minimum Gasteiger partial charge on any atom is -0.756 e. The van der Waals surface area contributed by atoms with Crippen molar-refractivity contribution in [1.82, 2.24) is 0 Å². The first-order chi connectivity index (χ1) is 4.77. The second-order valence-corrected chi connectivity index (χ2v) is 3.04. The summed E-state index contributed by atoms with van der Waals surface area (Å²) in [5, 5.41) is 0. The number of hydrogen-bond acceptors (Lipinski definition) is 4. The van der Waals surface area contributed by atoms with E-state index in [1.807, 2.05) is 0 Å². The summed E-state index contributed by atoms with van der Waals surface area (Å²) in [6.07, 6.45) is -4.67. The molecule has 0 fully saturated rings. The van der Waals surface area contributed by atoms with Crippen LogP contribution in [0, 0.1) is 0 Å². The summed E-state index contributed by atoms with van der Waals surface area (Å²) >= 11 is 0. The van der Waals surface area contributed by atoms with Crippen LogP contribution in [0.3, 0.4) is 0 Å². The van der Waals surface area contributed by atoms with E-state index in [2.05, 4.69) is 9.05 Å². The molecular formula is C3H5F3LiO4P. The van der Waals surface area contributed by atoms with Gasteiger partial charge in [-0.1, -0.05) is 0 Å².